The van der Waals surface area contributed by atoms with Gasteiger partial charge in [-0.25, -0.2) is 9.37 Å². The lowest BCUT2D eigenvalue weighted by Gasteiger charge is -2.14. The first-order valence-electron chi connectivity index (χ1n) is 6.82. The number of hydrogen-bond acceptors (Lipinski definition) is 4. The van der Waals surface area contributed by atoms with E-state index >= 15 is 0 Å². The largest absolute Gasteiger partial charge is 0.486 e. The fraction of sp³-hybridized carbons (Fsp3) is 0.438. The second-order valence-corrected chi connectivity index (χ2v) is 6.97. The van der Waals surface area contributed by atoms with Gasteiger partial charge >= 0.3 is 0 Å². The van der Waals surface area contributed by atoms with Gasteiger partial charge in [0.15, 0.2) is 0 Å². The molecule has 0 saturated carbocycles. The van der Waals surface area contributed by atoms with Crippen LogP contribution in [0.4, 0.5) is 4.39 Å². The van der Waals surface area contributed by atoms with Crippen molar-refractivity contribution in [1.29, 1.82) is 0 Å². The number of hydrogen-bond donors (Lipinski definition) is 1. The first kappa shape index (κ1) is 15.9. The van der Waals surface area contributed by atoms with Gasteiger partial charge in [-0.15, -0.1) is 11.3 Å². The van der Waals surface area contributed by atoms with Gasteiger partial charge in [-0.05, 0) is 19.1 Å². The number of aliphatic hydroxyl groups excluding tert-OH is 1. The van der Waals surface area contributed by atoms with Gasteiger partial charge in [0, 0.05) is 22.4 Å². The molecule has 1 aromatic heterocycles. The van der Waals surface area contributed by atoms with E-state index in [1.807, 2.05) is 5.38 Å². The second kappa shape index (κ2) is 6.12. The Hall–Kier alpha value is -1.46. The molecule has 1 heterocycles. The highest BCUT2D eigenvalue weighted by atomic mass is 32.1. The molecule has 0 aliphatic heterocycles. The highest BCUT2D eigenvalue weighted by Crippen LogP contribution is 2.26. The van der Waals surface area contributed by atoms with Gasteiger partial charge < -0.3 is 9.84 Å². The van der Waals surface area contributed by atoms with Crippen LogP contribution in [0.25, 0.3) is 0 Å². The number of aliphatic hydroxyl groups is 1. The normalized spacial score (nSPS) is 13.2. The van der Waals surface area contributed by atoms with E-state index < -0.39 is 11.9 Å². The lowest BCUT2D eigenvalue weighted by atomic mass is 9.93. The summed E-state index contributed by atoms with van der Waals surface area (Å²) in [5.41, 5.74) is 1.31. The first-order valence-corrected chi connectivity index (χ1v) is 7.70. The Labute approximate surface area is 128 Å². The molecule has 0 amide bonds. The lowest BCUT2D eigenvalue weighted by molar-refractivity contribution is 0.194. The topological polar surface area (TPSA) is 42.4 Å². The highest BCUT2D eigenvalue weighted by Gasteiger charge is 2.17. The highest BCUT2D eigenvalue weighted by molar-refractivity contribution is 7.09. The summed E-state index contributed by atoms with van der Waals surface area (Å²) in [5, 5.41) is 12.3. The van der Waals surface area contributed by atoms with Gasteiger partial charge in [-0.3, -0.25) is 0 Å². The van der Waals surface area contributed by atoms with E-state index in [1.165, 1.54) is 30.4 Å². The Morgan fingerprint density at radius 1 is 1.38 bits per heavy atom. The molecule has 0 bridgehead atoms. The van der Waals surface area contributed by atoms with Crippen molar-refractivity contribution in [3.63, 3.8) is 0 Å². The smallest absolute Gasteiger partial charge is 0.140 e. The molecule has 0 spiro atoms. The van der Waals surface area contributed by atoms with Crippen LogP contribution in [-0.4, -0.2) is 10.1 Å². The number of aromatic nitrogens is 1. The minimum Gasteiger partial charge on any atom is -0.486 e. The van der Waals surface area contributed by atoms with E-state index in [9.17, 15) is 9.50 Å². The summed E-state index contributed by atoms with van der Waals surface area (Å²) in [7, 11) is 0. The molecule has 1 atom stereocenters. The lowest BCUT2D eigenvalue weighted by Crippen LogP contribution is -2.11. The zero-order valence-electron chi connectivity index (χ0n) is 12.7. The van der Waals surface area contributed by atoms with E-state index in [-0.39, 0.29) is 11.0 Å². The summed E-state index contributed by atoms with van der Waals surface area (Å²) < 4.78 is 19.3. The van der Waals surface area contributed by atoms with Crippen molar-refractivity contribution in [3.8, 4) is 5.75 Å². The number of rotatable bonds is 4. The van der Waals surface area contributed by atoms with Crippen molar-refractivity contribution in [1.82, 2.24) is 4.98 Å². The molecule has 3 nitrogen and oxygen atoms in total. The van der Waals surface area contributed by atoms with Crippen LogP contribution in [-0.2, 0) is 12.0 Å². The third kappa shape index (κ3) is 4.02. The molecule has 0 saturated heterocycles. The van der Waals surface area contributed by atoms with Gasteiger partial charge in [-0.1, -0.05) is 20.8 Å². The number of ether oxygens (including phenoxy) is 1. The molecule has 0 aliphatic carbocycles. The third-order valence-electron chi connectivity index (χ3n) is 3.10. The van der Waals surface area contributed by atoms with Gasteiger partial charge in [0.2, 0.25) is 0 Å². The predicted octanol–water partition coefficient (Wildman–Crippen LogP) is 4.21. The standard InChI is InChI=1S/C16H20FNO2S/c1-10(19)12-6-5-11(7-13(12)17)20-8-15-18-14(9-21-15)16(2,3)4/h5-7,9-10,19H,8H2,1-4H3/t10-/m1/s1. The molecule has 21 heavy (non-hydrogen) atoms. The molecule has 0 aliphatic rings. The number of benzene rings is 1. The first-order chi connectivity index (χ1) is 9.77. The zero-order valence-corrected chi connectivity index (χ0v) is 13.5. The SMILES string of the molecule is C[C@@H](O)c1ccc(OCc2nc(C(C)(C)C)cs2)cc1F. The minimum absolute atomic E-state index is 0.0137. The predicted molar refractivity (Wildman–Crippen MR) is 82.2 cm³/mol. The maximum atomic E-state index is 13.7. The maximum Gasteiger partial charge on any atom is 0.140 e. The summed E-state index contributed by atoms with van der Waals surface area (Å²) in [6, 6.07) is 4.49. The van der Waals surface area contributed by atoms with Crippen LogP contribution in [0.3, 0.4) is 0 Å². The molecule has 0 unspecified atom stereocenters. The summed E-state index contributed by atoms with van der Waals surface area (Å²) in [6.45, 7) is 8.17. The van der Waals surface area contributed by atoms with Crippen molar-refractivity contribution in [2.75, 3.05) is 0 Å². The van der Waals surface area contributed by atoms with Crippen LogP contribution in [0, 0.1) is 5.82 Å². The van der Waals surface area contributed by atoms with Gasteiger partial charge in [-0.2, -0.15) is 0 Å². The van der Waals surface area contributed by atoms with Crippen LogP contribution in [0.5, 0.6) is 5.75 Å². The summed E-state index contributed by atoms with van der Waals surface area (Å²) in [6.07, 6.45) is -0.827. The van der Waals surface area contributed by atoms with Gasteiger partial charge in [0.25, 0.3) is 0 Å². The van der Waals surface area contributed by atoms with Crippen LogP contribution >= 0.6 is 11.3 Å². The summed E-state index contributed by atoms with van der Waals surface area (Å²) >= 11 is 1.54. The Bertz CT molecular complexity index is 617. The van der Waals surface area contributed by atoms with Crippen LogP contribution < -0.4 is 4.74 Å². The number of thiazole rings is 1. The molecule has 114 valence electrons. The van der Waals surface area contributed by atoms with Crippen molar-refractivity contribution < 1.29 is 14.2 Å². The van der Waals surface area contributed by atoms with Gasteiger partial charge in [0.1, 0.15) is 23.2 Å². The molecule has 2 rings (SSSR count). The van der Waals surface area contributed by atoms with Crippen molar-refractivity contribution >= 4 is 11.3 Å². The molecule has 0 fully saturated rings. The summed E-state index contributed by atoms with van der Waals surface area (Å²) in [5.74, 6) is -0.0265. The monoisotopic (exact) mass is 309 g/mol. The van der Waals surface area contributed by atoms with Gasteiger partial charge in [0.05, 0.1) is 11.8 Å². The third-order valence-corrected chi connectivity index (χ3v) is 3.93. The van der Waals surface area contributed by atoms with E-state index in [0.29, 0.717) is 12.4 Å². The van der Waals surface area contributed by atoms with Crippen LogP contribution in [0.2, 0.25) is 0 Å². The minimum atomic E-state index is -0.827. The molecular formula is C16H20FNO2S. The number of halogens is 1. The Morgan fingerprint density at radius 2 is 2.10 bits per heavy atom. The van der Waals surface area contributed by atoms with Crippen LogP contribution in [0.15, 0.2) is 23.6 Å². The molecule has 5 heteroatoms. The van der Waals surface area contributed by atoms with Crippen molar-refractivity contribution in [2.24, 2.45) is 0 Å². The average Bonchev–Trinajstić information content (AvgIpc) is 2.84. The Balaban J connectivity index is 2.03. The van der Waals surface area contributed by atoms with E-state index in [2.05, 4.69) is 25.8 Å². The Morgan fingerprint density at radius 3 is 2.62 bits per heavy atom. The van der Waals surface area contributed by atoms with E-state index in [1.54, 1.807) is 6.07 Å². The molecule has 0 radical (unpaired) electrons. The quantitative estimate of drug-likeness (QED) is 0.920. The van der Waals surface area contributed by atoms with E-state index in [0.717, 1.165) is 10.7 Å². The van der Waals surface area contributed by atoms with Crippen LogP contribution in [0.1, 0.15) is 50.1 Å². The van der Waals surface area contributed by atoms with Crippen molar-refractivity contribution in [3.05, 3.63) is 45.7 Å². The molecule has 2 aromatic rings. The van der Waals surface area contributed by atoms with E-state index in [4.69, 9.17) is 4.74 Å². The zero-order chi connectivity index (χ0) is 15.6. The average molecular weight is 309 g/mol. The molecular weight excluding hydrogens is 289 g/mol. The fourth-order valence-corrected chi connectivity index (χ4v) is 2.74. The summed E-state index contributed by atoms with van der Waals surface area (Å²) in [4.78, 5) is 4.52. The Kier molecular flexibility index (Phi) is 4.64. The molecule has 1 aromatic carbocycles. The maximum absolute atomic E-state index is 13.7. The second-order valence-electron chi connectivity index (χ2n) is 6.02. The fourth-order valence-electron chi connectivity index (χ4n) is 1.80. The van der Waals surface area contributed by atoms with Crippen molar-refractivity contribution in [2.45, 2.75) is 45.8 Å². The molecule has 1 N–H and O–H groups in total. The number of nitrogens with zero attached hydrogens (tertiary/aromatic N) is 1.